The fourth-order valence-corrected chi connectivity index (χ4v) is 10.0. The van der Waals surface area contributed by atoms with Gasteiger partial charge in [0.15, 0.2) is 11.6 Å². The number of hydrogen-bond acceptors (Lipinski definition) is 4. The van der Waals surface area contributed by atoms with E-state index in [0.717, 1.165) is 17.2 Å². The maximum absolute atomic E-state index is 15.8. The van der Waals surface area contributed by atoms with Crippen LogP contribution in [-0.4, -0.2) is 37.7 Å². The van der Waals surface area contributed by atoms with Crippen molar-refractivity contribution in [3.8, 4) is 11.5 Å². The maximum atomic E-state index is 15.8. The van der Waals surface area contributed by atoms with E-state index < -0.39 is 32.3 Å². The first kappa shape index (κ1) is 28.4. The molecule has 1 saturated heterocycles. The van der Waals surface area contributed by atoms with Gasteiger partial charge in [0.1, 0.15) is 11.6 Å². The van der Waals surface area contributed by atoms with Crippen LogP contribution in [0.3, 0.4) is 0 Å². The first-order chi connectivity index (χ1) is 19.7. The lowest BCUT2D eigenvalue weighted by molar-refractivity contribution is -0.0171. The number of hydrogen-bond donors (Lipinski definition) is 0. The fraction of sp³-hybridized carbons (Fsp3) is 0.438. The van der Waals surface area contributed by atoms with Gasteiger partial charge < -0.3 is 9.47 Å². The van der Waals surface area contributed by atoms with Gasteiger partial charge in [-0.15, -0.1) is 0 Å². The molecule has 218 valence electrons. The quantitative estimate of drug-likeness (QED) is 0.308. The zero-order valence-corrected chi connectivity index (χ0v) is 24.7. The van der Waals surface area contributed by atoms with E-state index in [1.165, 1.54) is 6.07 Å². The van der Waals surface area contributed by atoms with Crippen molar-refractivity contribution in [2.45, 2.75) is 62.3 Å². The van der Waals surface area contributed by atoms with Crippen LogP contribution in [0.25, 0.3) is 0 Å². The molecule has 9 heteroatoms. The van der Waals surface area contributed by atoms with E-state index in [4.69, 9.17) is 21.1 Å². The van der Waals surface area contributed by atoms with Crippen molar-refractivity contribution in [1.29, 1.82) is 0 Å². The molecule has 1 saturated carbocycles. The van der Waals surface area contributed by atoms with E-state index >= 15 is 8.78 Å². The Morgan fingerprint density at radius 1 is 1.02 bits per heavy atom. The Bertz CT molecular complexity index is 1530. The monoisotopic (exact) mass is 601 g/mol. The van der Waals surface area contributed by atoms with Crippen molar-refractivity contribution in [2.24, 2.45) is 11.8 Å². The number of ether oxygens (including phenoxy) is 2. The van der Waals surface area contributed by atoms with Crippen molar-refractivity contribution >= 4 is 21.6 Å². The SMILES string of the molecule is CC[C@@H]1C[C@@H]2[C@@H](CC[C@@]3(Cc4ccc(Cl)cc4)c4c(F)ccc(F)c4OC[C@@H]23)N(Cc2ccc(OC)cc2)S1(=O)=O. The van der Waals surface area contributed by atoms with Crippen molar-refractivity contribution in [1.82, 2.24) is 4.31 Å². The molecule has 2 fully saturated rings. The van der Waals surface area contributed by atoms with Crippen molar-refractivity contribution < 1.29 is 26.7 Å². The minimum Gasteiger partial charge on any atom is -0.497 e. The van der Waals surface area contributed by atoms with E-state index in [0.29, 0.717) is 42.9 Å². The van der Waals surface area contributed by atoms with Crippen LogP contribution in [0.1, 0.15) is 49.3 Å². The Hall–Kier alpha value is -2.68. The predicted molar refractivity (Wildman–Crippen MR) is 155 cm³/mol. The minimum absolute atomic E-state index is 0.0146. The fourth-order valence-electron chi connectivity index (χ4n) is 7.64. The highest BCUT2D eigenvalue weighted by molar-refractivity contribution is 7.89. The standard InChI is InChI=1S/C32H34ClF2NO4S/c1-3-24-16-25-26-19-40-31-28(35)13-12-27(34)30(31)32(26,17-20-4-8-22(33)9-5-20)15-14-29(25)36(41(24,37)38)18-21-6-10-23(39-2)11-7-21/h4-13,24-26,29H,3,14-19H2,1-2H3/t24-,25+,26+,29-,32+/m1/s1. The van der Waals surface area contributed by atoms with E-state index in [-0.39, 0.29) is 42.3 Å². The molecule has 0 radical (unpaired) electrons. The van der Waals surface area contributed by atoms with E-state index in [1.807, 2.05) is 55.5 Å². The highest BCUT2D eigenvalue weighted by Crippen LogP contribution is 2.58. The summed E-state index contributed by atoms with van der Waals surface area (Å²) in [4.78, 5) is 0. The average Bonchev–Trinajstić information content (AvgIpc) is 2.97. The number of rotatable bonds is 6. The molecule has 0 amide bonds. The summed E-state index contributed by atoms with van der Waals surface area (Å²) >= 11 is 6.17. The van der Waals surface area contributed by atoms with E-state index in [2.05, 4.69) is 0 Å². The first-order valence-electron chi connectivity index (χ1n) is 14.2. The maximum Gasteiger partial charge on any atom is 0.217 e. The van der Waals surface area contributed by atoms with Crippen LogP contribution >= 0.6 is 11.6 Å². The lowest BCUT2D eigenvalue weighted by Gasteiger charge is -2.58. The second-order valence-electron chi connectivity index (χ2n) is 11.6. The van der Waals surface area contributed by atoms with Gasteiger partial charge in [0.25, 0.3) is 0 Å². The summed E-state index contributed by atoms with van der Waals surface area (Å²) < 4.78 is 71.7. The number of nitrogens with zero attached hydrogens (tertiary/aromatic N) is 1. The van der Waals surface area contributed by atoms with Gasteiger partial charge in [0, 0.05) is 34.5 Å². The summed E-state index contributed by atoms with van der Waals surface area (Å²) in [5, 5.41) is 0.0423. The third kappa shape index (κ3) is 4.82. The number of methoxy groups -OCH3 is 1. The molecule has 0 bridgehead atoms. The first-order valence-corrected chi connectivity index (χ1v) is 16.1. The van der Waals surface area contributed by atoms with Gasteiger partial charge in [0.2, 0.25) is 10.0 Å². The Morgan fingerprint density at radius 2 is 1.71 bits per heavy atom. The topological polar surface area (TPSA) is 55.8 Å². The Labute approximate surface area is 245 Å². The van der Waals surface area contributed by atoms with Gasteiger partial charge in [-0.2, -0.15) is 4.31 Å². The summed E-state index contributed by atoms with van der Waals surface area (Å²) in [6.07, 6.45) is 2.46. The summed E-state index contributed by atoms with van der Waals surface area (Å²) in [5.41, 5.74) is 1.38. The van der Waals surface area contributed by atoms with Gasteiger partial charge in [-0.05, 0) is 85.5 Å². The number of benzene rings is 3. The molecule has 5 atom stereocenters. The summed E-state index contributed by atoms with van der Waals surface area (Å²) in [5.74, 6) is -0.654. The lowest BCUT2D eigenvalue weighted by atomic mass is 9.53. The largest absolute Gasteiger partial charge is 0.497 e. The average molecular weight is 602 g/mol. The number of sulfonamides is 1. The lowest BCUT2D eigenvalue weighted by Crippen LogP contribution is -2.63. The second kappa shape index (κ2) is 10.9. The molecule has 5 nitrogen and oxygen atoms in total. The third-order valence-electron chi connectivity index (χ3n) is 9.61. The van der Waals surface area contributed by atoms with Gasteiger partial charge in [-0.25, -0.2) is 17.2 Å². The molecule has 3 aromatic carbocycles. The highest BCUT2D eigenvalue weighted by atomic mass is 35.5. The van der Waals surface area contributed by atoms with E-state index in [1.54, 1.807) is 11.4 Å². The molecular formula is C32H34ClF2NO4S. The molecule has 6 rings (SSSR count). The highest BCUT2D eigenvalue weighted by Gasteiger charge is 2.59. The van der Waals surface area contributed by atoms with Gasteiger partial charge in [0.05, 0.1) is 19.0 Å². The molecule has 1 aliphatic carbocycles. The molecule has 0 unspecified atom stereocenters. The summed E-state index contributed by atoms with van der Waals surface area (Å²) in [6.45, 7) is 2.36. The predicted octanol–water partition coefficient (Wildman–Crippen LogP) is 6.91. The zero-order chi connectivity index (χ0) is 28.9. The number of fused-ring (bicyclic) bond motifs is 5. The summed E-state index contributed by atoms with van der Waals surface area (Å²) in [7, 11) is -1.99. The molecule has 0 spiro atoms. The van der Waals surface area contributed by atoms with Crippen LogP contribution in [0.15, 0.2) is 60.7 Å². The number of halogens is 3. The van der Waals surface area contributed by atoms with Crippen LogP contribution in [0.5, 0.6) is 11.5 Å². The zero-order valence-electron chi connectivity index (χ0n) is 23.2. The molecule has 2 heterocycles. The molecule has 2 aliphatic heterocycles. The molecule has 0 N–H and O–H groups in total. The Kier molecular flexibility index (Phi) is 7.54. The van der Waals surface area contributed by atoms with Crippen molar-refractivity contribution in [3.05, 3.63) is 94.0 Å². The molecule has 3 aromatic rings. The van der Waals surface area contributed by atoms with Crippen LogP contribution in [0.2, 0.25) is 5.02 Å². The molecule has 0 aromatic heterocycles. The molecule has 41 heavy (non-hydrogen) atoms. The molecule has 3 aliphatic rings. The van der Waals surface area contributed by atoms with Crippen LogP contribution < -0.4 is 9.47 Å². The molecular weight excluding hydrogens is 568 g/mol. The van der Waals surface area contributed by atoms with Crippen LogP contribution in [-0.2, 0) is 28.4 Å². The third-order valence-corrected chi connectivity index (χ3v) is 12.3. The van der Waals surface area contributed by atoms with Gasteiger partial charge in [-0.1, -0.05) is 42.8 Å². The van der Waals surface area contributed by atoms with Gasteiger partial charge in [-0.3, -0.25) is 0 Å². The van der Waals surface area contributed by atoms with Crippen molar-refractivity contribution in [2.75, 3.05) is 13.7 Å². The van der Waals surface area contributed by atoms with Crippen LogP contribution in [0, 0.1) is 23.5 Å². The second-order valence-corrected chi connectivity index (χ2v) is 14.2. The van der Waals surface area contributed by atoms with E-state index in [9.17, 15) is 8.42 Å². The summed E-state index contributed by atoms with van der Waals surface area (Å²) in [6, 6.07) is 17.0. The Morgan fingerprint density at radius 3 is 2.39 bits per heavy atom. The van der Waals surface area contributed by atoms with Crippen molar-refractivity contribution in [3.63, 3.8) is 0 Å². The smallest absolute Gasteiger partial charge is 0.217 e. The normalized spacial score (nSPS) is 28.6. The van der Waals surface area contributed by atoms with Crippen LogP contribution in [0.4, 0.5) is 8.78 Å². The Balaban J connectivity index is 1.44. The minimum atomic E-state index is -3.58. The van der Waals surface area contributed by atoms with Gasteiger partial charge >= 0.3 is 0 Å².